The molecule has 0 amide bonds. The van der Waals surface area contributed by atoms with Crippen LogP contribution in [0, 0.1) is 6.92 Å². The molecule has 0 atom stereocenters. The number of nitrogen functional groups attached to an aromatic ring is 1. The zero-order valence-electron chi connectivity index (χ0n) is 11.6. The fourth-order valence-corrected chi connectivity index (χ4v) is 2.01. The SMILES string of the molecule is Cc1cccc(CCNc2c(N)n(C)c(=O)[nH]c2=O)c1. The number of hydrogen-bond donors (Lipinski definition) is 3. The van der Waals surface area contributed by atoms with Crippen LogP contribution in [0.4, 0.5) is 11.5 Å². The highest BCUT2D eigenvalue weighted by Gasteiger charge is 2.08. The summed E-state index contributed by atoms with van der Waals surface area (Å²) in [4.78, 5) is 25.3. The van der Waals surface area contributed by atoms with Crippen LogP contribution in [0.5, 0.6) is 0 Å². The normalized spacial score (nSPS) is 10.5. The van der Waals surface area contributed by atoms with Crippen molar-refractivity contribution in [2.45, 2.75) is 13.3 Å². The summed E-state index contributed by atoms with van der Waals surface area (Å²) in [6.07, 6.45) is 0.767. The zero-order chi connectivity index (χ0) is 14.7. The van der Waals surface area contributed by atoms with Gasteiger partial charge < -0.3 is 11.1 Å². The van der Waals surface area contributed by atoms with Gasteiger partial charge in [0, 0.05) is 13.6 Å². The molecule has 0 saturated carbocycles. The van der Waals surface area contributed by atoms with Crippen LogP contribution in [0.1, 0.15) is 11.1 Å². The number of nitrogens with one attached hydrogen (secondary N) is 2. The lowest BCUT2D eigenvalue weighted by atomic mass is 10.1. The number of nitrogens with zero attached hydrogens (tertiary/aromatic N) is 1. The fraction of sp³-hybridized carbons (Fsp3) is 0.286. The number of hydrogen-bond acceptors (Lipinski definition) is 4. The lowest BCUT2D eigenvalue weighted by molar-refractivity contribution is 0.812. The van der Waals surface area contributed by atoms with Crippen molar-refractivity contribution in [3.63, 3.8) is 0 Å². The topological polar surface area (TPSA) is 92.9 Å². The van der Waals surface area contributed by atoms with E-state index in [4.69, 9.17) is 5.73 Å². The first kappa shape index (κ1) is 13.9. The lowest BCUT2D eigenvalue weighted by Gasteiger charge is -2.10. The minimum Gasteiger partial charge on any atom is -0.383 e. The number of aromatic amines is 1. The van der Waals surface area contributed by atoms with Gasteiger partial charge in [0.05, 0.1) is 0 Å². The molecule has 20 heavy (non-hydrogen) atoms. The molecule has 106 valence electrons. The zero-order valence-corrected chi connectivity index (χ0v) is 11.6. The van der Waals surface area contributed by atoms with Crippen molar-refractivity contribution in [3.05, 3.63) is 56.2 Å². The van der Waals surface area contributed by atoms with Gasteiger partial charge in [-0.3, -0.25) is 14.3 Å². The Balaban J connectivity index is 2.11. The van der Waals surface area contributed by atoms with E-state index in [9.17, 15) is 9.59 Å². The Morgan fingerprint density at radius 3 is 2.80 bits per heavy atom. The molecule has 0 fully saturated rings. The third-order valence-electron chi connectivity index (χ3n) is 3.17. The summed E-state index contributed by atoms with van der Waals surface area (Å²) in [6.45, 7) is 2.60. The molecule has 0 saturated heterocycles. The molecule has 0 bridgehead atoms. The lowest BCUT2D eigenvalue weighted by Crippen LogP contribution is -2.32. The van der Waals surface area contributed by atoms with Crippen LogP contribution in [0.3, 0.4) is 0 Å². The largest absolute Gasteiger partial charge is 0.383 e. The van der Waals surface area contributed by atoms with E-state index in [2.05, 4.69) is 16.4 Å². The maximum absolute atomic E-state index is 11.7. The van der Waals surface area contributed by atoms with E-state index < -0.39 is 11.2 Å². The summed E-state index contributed by atoms with van der Waals surface area (Å²) < 4.78 is 1.20. The van der Waals surface area contributed by atoms with Gasteiger partial charge in [-0.15, -0.1) is 0 Å². The molecule has 4 N–H and O–H groups in total. The second-order valence-corrected chi connectivity index (χ2v) is 4.74. The minimum absolute atomic E-state index is 0.142. The first-order chi connectivity index (χ1) is 9.49. The van der Waals surface area contributed by atoms with Gasteiger partial charge in [-0.05, 0) is 18.9 Å². The summed E-state index contributed by atoms with van der Waals surface area (Å²) in [6, 6.07) is 8.16. The van der Waals surface area contributed by atoms with Gasteiger partial charge in [-0.25, -0.2) is 4.79 Å². The number of aryl methyl sites for hydroxylation is 1. The van der Waals surface area contributed by atoms with Gasteiger partial charge in [0.15, 0.2) is 0 Å². The van der Waals surface area contributed by atoms with E-state index >= 15 is 0 Å². The van der Waals surface area contributed by atoms with Crippen molar-refractivity contribution < 1.29 is 0 Å². The highest BCUT2D eigenvalue weighted by atomic mass is 16.2. The van der Waals surface area contributed by atoms with Gasteiger partial charge in [-0.2, -0.15) is 0 Å². The Morgan fingerprint density at radius 2 is 2.10 bits per heavy atom. The van der Waals surface area contributed by atoms with Crippen molar-refractivity contribution in [3.8, 4) is 0 Å². The minimum atomic E-state index is -0.517. The van der Waals surface area contributed by atoms with E-state index in [0.29, 0.717) is 6.54 Å². The molecule has 0 aliphatic heterocycles. The molecule has 0 unspecified atom stereocenters. The second-order valence-electron chi connectivity index (χ2n) is 4.74. The summed E-state index contributed by atoms with van der Waals surface area (Å²) in [7, 11) is 1.51. The van der Waals surface area contributed by atoms with Crippen LogP contribution in [0.2, 0.25) is 0 Å². The van der Waals surface area contributed by atoms with Gasteiger partial charge in [-0.1, -0.05) is 29.8 Å². The Labute approximate surface area is 116 Å². The van der Waals surface area contributed by atoms with Crippen LogP contribution in [0.15, 0.2) is 33.9 Å². The highest BCUT2D eigenvalue weighted by Crippen LogP contribution is 2.09. The molecule has 0 aliphatic carbocycles. The van der Waals surface area contributed by atoms with Crippen molar-refractivity contribution in [2.75, 3.05) is 17.6 Å². The van der Waals surface area contributed by atoms with E-state index in [0.717, 1.165) is 6.42 Å². The third-order valence-corrected chi connectivity index (χ3v) is 3.17. The third kappa shape index (κ3) is 2.90. The fourth-order valence-electron chi connectivity index (χ4n) is 2.01. The standard InChI is InChI=1S/C14H18N4O2/c1-9-4-3-5-10(8-9)6-7-16-11-12(15)18(2)14(20)17-13(11)19/h3-5,8,16H,6-7,15H2,1-2H3,(H,17,19,20). The van der Waals surface area contributed by atoms with Gasteiger partial charge >= 0.3 is 5.69 Å². The number of aromatic nitrogens is 2. The predicted octanol–water partition coefficient (Wildman–Crippen LogP) is 0.619. The molecule has 6 heteroatoms. The Kier molecular flexibility index (Phi) is 3.93. The van der Waals surface area contributed by atoms with Crippen LogP contribution in [-0.2, 0) is 13.5 Å². The van der Waals surface area contributed by atoms with E-state index in [1.54, 1.807) is 0 Å². The summed E-state index contributed by atoms with van der Waals surface area (Å²) in [5, 5.41) is 2.99. The molecular formula is C14H18N4O2. The summed E-state index contributed by atoms with van der Waals surface area (Å²) in [5.74, 6) is 0.142. The first-order valence-electron chi connectivity index (χ1n) is 6.37. The molecule has 1 aromatic heterocycles. The Bertz CT molecular complexity index is 731. The van der Waals surface area contributed by atoms with Crippen molar-refractivity contribution in [1.29, 1.82) is 0 Å². The quantitative estimate of drug-likeness (QED) is 0.762. The second kappa shape index (κ2) is 5.64. The average molecular weight is 274 g/mol. The maximum Gasteiger partial charge on any atom is 0.329 e. The van der Waals surface area contributed by atoms with E-state index in [-0.39, 0.29) is 11.5 Å². The van der Waals surface area contributed by atoms with Crippen molar-refractivity contribution >= 4 is 11.5 Å². The Morgan fingerprint density at radius 1 is 1.35 bits per heavy atom. The van der Waals surface area contributed by atoms with E-state index in [1.165, 1.54) is 22.7 Å². The molecule has 0 aliphatic rings. The molecule has 2 aromatic rings. The molecule has 2 rings (SSSR count). The van der Waals surface area contributed by atoms with E-state index in [1.807, 2.05) is 25.1 Å². The van der Waals surface area contributed by atoms with Gasteiger partial charge in [0.25, 0.3) is 5.56 Å². The Hall–Kier alpha value is -2.50. The summed E-state index contributed by atoms with van der Waals surface area (Å²) in [5.41, 5.74) is 7.37. The highest BCUT2D eigenvalue weighted by molar-refractivity contribution is 5.60. The summed E-state index contributed by atoms with van der Waals surface area (Å²) >= 11 is 0. The smallest absolute Gasteiger partial charge is 0.329 e. The maximum atomic E-state index is 11.7. The predicted molar refractivity (Wildman–Crippen MR) is 80.1 cm³/mol. The molecular weight excluding hydrogens is 256 g/mol. The van der Waals surface area contributed by atoms with Gasteiger partial charge in [0.2, 0.25) is 0 Å². The van der Waals surface area contributed by atoms with Crippen LogP contribution in [0.25, 0.3) is 0 Å². The van der Waals surface area contributed by atoms with Crippen LogP contribution >= 0.6 is 0 Å². The molecule has 0 radical (unpaired) electrons. The number of rotatable bonds is 4. The van der Waals surface area contributed by atoms with Gasteiger partial charge in [0.1, 0.15) is 11.5 Å². The van der Waals surface area contributed by atoms with Crippen molar-refractivity contribution in [1.82, 2.24) is 9.55 Å². The number of anilines is 2. The van der Waals surface area contributed by atoms with Crippen LogP contribution in [-0.4, -0.2) is 16.1 Å². The molecule has 6 nitrogen and oxygen atoms in total. The first-order valence-corrected chi connectivity index (χ1v) is 6.37. The van der Waals surface area contributed by atoms with Crippen molar-refractivity contribution in [2.24, 2.45) is 7.05 Å². The number of benzene rings is 1. The molecule has 1 heterocycles. The monoisotopic (exact) mass is 274 g/mol. The van der Waals surface area contributed by atoms with Crippen LogP contribution < -0.4 is 22.3 Å². The molecule has 1 aromatic carbocycles. The average Bonchev–Trinajstić information content (AvgIpc) is 2.40. The number of nitrogens with two attached hydrogens (primary N) is 1. The molecule has 0 spiro atoms. The number of H-pyrrole nitrogens is 1.